The number of ether oxygens (including phenoxy) is 1. The lowest BCUT2D eigenvalue weighted by molar-refractivity contribution is 0.135. The van der Waals surface area contributed by atoms with E-state index >= 15 is 0 Å². The number of aryl methyl sites for hydroxylation is 1. The van der Waals surface area contributed by atoms with Crippen molar-refractivity contribution in [2.75, 3.05) is 33.4 Å². The van der Waals surface area contributed by atoms with Crippen LogP contribution < -0.4 is 5.32 Å². The molecule has 20 heavy (non-hydrogen) atoms. The van der Waals surface area contributed by atoms with Gasteiger partial charge in [-0.05, 0) is 20.9 Å². The zero-order valence-electron chi connectivity index (χ0n) is 12.6. The van der Waals surface area contributed by atoms with Crippen LogP contribution in [0, 0.1) is 6.92 Å². The van der Waals surface area contributed by atoms with Gasteiger partial charge >= 0.3 is 0 Å². The minimum Gasteiger partial charge on any atom is -0.464 e. The lowest BCUT2D eigenvalue weighted by Gasteiger charge is -2.19. The van der Waals surface area contributed by atoms with Crippen molar-refractivity contribution in [1.82, 2.24) is 9.62 Å². The summed E-state index contributed by atoms with van der Waals surface area (Å²) in [4.78, 5) is 0.237. The lowest BCUT2D eigenvalue weighted by Crippen LogP contribution is -2.34. The third kappa shape index (κ3) is 4.05. The molecule has 6 nitrogen and oxygen atoms in total. The fraction of sp³-hybridized carbons (Fsp3) is 0.692. The van der Waals surface area contributed by atoms with E-state index in [1.807, 2.05) is 13.8 Å². The Morgan fingerprint density at radius 2 is 2.10 bits per heavy atom. The normalized spacial score (nSPS) is 12.2. The number of likely N-dealkylation sites (N-methyl/N-ethyl adjacent to an activating group) is 1. The van der Waals surface area contributed by atoms with Crippen molar-refractivity contribution in [3.63, 3.8) is 0 Å². The molecule has 0 bridgehead atoms. The second-order valence-electron chi connectivity index (χ2n) is 4.36. The van der Waals surface area contributed by atoms with Gasteiger partial charge in [0.15, 0.2) is 0 Å². The van der Waals surface area contributed by atoms with E-state index in [-0.39, 0.29) is 4.90 Å². The van der Waals surface area contributed by atoms with Gasteiger partial charge in [0.25, 0.3) is 0 Å². The molecule has 1 N–H and O–H groups in total. The van der Waals surface area contributed by atoms with Gasteiger partial charge in [-0.25, -0.2) is 8.42 Å². The number of nitrogens with one attached hydrogen (secondary N) is 1. The van der Waals surface area contributed by atoms with E-state index in [0.717, 1.165) is 0 Å². The summed E-state index contributed by atoms with van der Waals surface area (Å²) in [5.41, 5.74) is 0. The molecular formula is C13H24N2O4S. The van der Waals surface area contributed by atoms with Crippen LogP contribution in [-0.2, 0) is 21.3 Å². The standard InChI is InChI=1S/C13H24N2O4S/c1-5-15(7-8-18-6-2)20(16,17)13-9-12(10-14-4)19-11(13)3/h9,14H,5-8,10H2,1-4H3. The molecule has 0 fully saturated rings. The summed E-state index contributed by atoms with van der Waals surface area (Å²) >= 11 is 0. The lowest BCUT2D eigenvalue weighted by atomic mass is 10.4. The van der Waals surface area contributed by atoms with Crippen LogP contribution in [0.4, 0.5) is 0 Å². The van der Waals surface area contributed by atoms with Crippen LogP contribution in [0.25, 0.3) is 0 Å². The maximum Gasteiger partial charge on any atom is 0.246 e. The number of sulfonamides is 1. The van der Waals surface area contributed by atoms with Gasteiger partial charge in [0.1, 0.15) is 16.4 Å². The van der Waals surface area contributed by atoms with Crippen LogP contribution in [0.3, 0.4) is 0 Å². The minimum absolute atomic E-state index is 0.237. The van der Waals surface area contributed by atoms with E-state index in [2.05, 4.69) is 5.32 Å². The quantitative estimate of drug-likeness (QED) is 0.697. The third-order valence-corrected chi connectivity index (χ3v) is 5.02. The van der Waals surface area contributed by atoms with Crippen LogP contribution >= 0.6 is 0 Å². The summed E-state index contributed by atoms with van der Waals surface area (Å²) in [5.74, 6) is 1.04. The molecule has 0 amide bonds. The van der Waals surface area contributed by atoms with E-state index in [1.165, 1.54) is 4.31 Å². The highest BCUT2D eigenvalue weighted by Gasteiger charge is 2.27. The summed E-state index contributed by atoms with van der Waals surface area (Å²) in [5, 5.41) is 2.94. The summed E-state index contributed by atoms with van der Waals surface area (Å²) in [6.07, 6.45) is 0. The zero-order valence-corrected chi connectivity index (χ0v) is 13.4. The van der Waals surface area contributed by atoms with Crippen molar-refractivity contribution < 1.29 is 17.6 Å². The Balaban J connectivity index is 2.95. The first kappa shape index (κ1) is 17.2. The highest BCUT2D eigenvalue weighted by molar-refractivity contribution is 7.89. The number of rotatable bonds is 9. The second-order valence-corrected chi connectivity index (χ2v) is 6.26. The van der Waals surface area contributed by atoms with Crippen LogP contribution in [0.15, 0.2) is 15.4 Å². The molecule has 0 atom stereocenters. The van der Waals surface area contributed by atoms with Gasteiger partial charge in [0.05, 0.1) is 13.2 Å². The van der Waals surface area contributed by atoms with Gasteiger partial charge in [-0.3, -0.25) is 0 Å². The molecule has 0 saturated heterocycles. The van der Waals surface area contributed by atoms with Crippen LogP contribution in [0.2, 0.25) is 0 Å². The molecule has 1 rings (SSSR count). The highest BCUT2D eigenvalue weighted by Crippen LogP contribution is 2.23. The van der Waals surface area contributed by atoms with Crippen molar-refractivity contribution in [3.8, 4) is 0 Å². The first-order valence-corrected chi connectivity index (χ1v) is 8.23. The molecule has 1 heterocycles. The van der Waals surface area contributed by atoms with E-state index in [9.17, 15) is 8.42 Å². The van der Waals surface area contributed by atoms with Crippen molar-refractivity contribution >= 4 is 10.0 Å². The van der Waals surface area contributed by atoms with Gasteiger partial charge in [-0.15, -0.1) is 0 Å². The highest BCUT2D eigenvalue weighted by atomic mass is 32.2. The molecule has 0 saturated carbocycles. The van der Waals surface area contributed by atoms with Crippen molar-refractivity contribution in [2.45, 2.75) is 32.2 Å². The molecule has 0 radical (unpaired) electrons. The summed E-state index contributed by atoms with van der Waals surface area (Å²) < 4.78 is 37.3. The molecule has 7 heteroatoms. The molecule has 0 aliphatic heterocycles. The predicted octanol–water partition coefficient (Wildman–Crippen LogP) is 1.35. The molecule has 116 valence electrons. The molecular weight excluding hydrogens is 280 g/mol. The number of hydrogen-bond acceptors (Lipinski definition) is 5. The maximum atomic E-state index is 12.6. The summed E-state index contributed by atoms with van der Waals surface area (Å²) in [6.45, 7) is 7.59. The second kappa shape index (κ2) is 7.78. The Morgan fingerprint density at radius 3 is 2.65 bits per heavy atom. The maximum absolute atomic E-state index is 12.6. The van der Waals surface area contributed by atoms with E-state index < -0.39 is 10.0 Å². The van der Waals surface area contributed by atoms with Gasteiger partial charge in [-0.1, -0.05) is 6.92 Å². The van der Waals surface area contributed by atoms with E-state index in [4.69, 9.17) is 9.15 Å². The zero-order chi connectivity index (χ0) is 15.2. The fourth-order valence-corrected chi connectivity index (χ4v) is 3.56. The van der Waals surface area contributed by atoms with Gasteiger partial charge in [0, 0.05) is 25.8 Å². The Kier molecular flexibility index (Phi) is 6.67. The monoisotopic (exact) mass is 304 g/mol. The molecule has 0 spiro atoms. The van der Waals surface area contributed by atoms with Crippen molar-refractivity contribution in [3.05, 3.63) is 17.6 Å². The fourth-order valence-electron chi connectivity index (χ4n) is 1.94. The number of furan rings is 1. The SMILES string of the molecule is CCOCCN(CC)S(=O)(=O)c1cc(CNC)oc1C. The van der Waals surface area contributed by atoms with Crippen LogP contribution in [-0.4, -0.2) is 46.1 Å². The first-order valence-electron chi connectivity index (χ1n) is 6.79. The Labute approximate surface area is 121 Å². The smallest absolute Gasteiger partial charge is 0.246 e. The van der Waals surface area contributed by atoms with Crippen molar-refractivity contribution in [2.24, 2.45) is 0 Å². The van der Waals surface area contributed by atoms with Gasteiger partial charge in [0.2, 0.25) is 10.0 Å². The largest absolute Gasteiger partial charge is 0.464 e. The topological polar surface area (TPSA) is 71.8 Å². The van der Waals surface area contributed by atoms with Gasteiger partial charge < -0.3 is 14.5 Å². The molecule has 0 aliphatic carbocycles. The molecule has 1 aromatic heterocycles. The molecule has 0 unspecified atom stereocenters. The molecule has 0 aliphatic rings. The van der Waals surface area contributed by atoms with Crippen molar-refractivity contribution in [1.29, 1.82) is 0 Å². The third-order valence-electron chi connectivity index (χ3n) is 2.93. The Bertz CT molecular complexity index is 510. The Hall–Kier alpha value is -0.890. The summed E-state index contributed by atoms with van der Waals surface area (Å²) in [6, 6.07) is 1.59. The Morgan fingerprint density at radius 1 is 1.40 bits per heavy atom. The van der Waals surface area contributed by atoms with Crippen LogP contribution in [0.1, 0.15) is 25.4 Å². The minimum atomic E-state index is -3.53. The number of hydrogen-bond donors (Lipinski definition) is 1. The summed E-state index contributed by atoms with van der Waals surface area (Å²) in [7, 11) is -1.74. The molecule has 0 aromatic carbocycles. The first-order chi connectivity index (χ1) is 9.47. The van der Waals surface area contributed by atoms with Gasteiger partial charge in [-0.2, -0.15) is 4.31 Å². The molecule has 1 aromatic rings. The number of nitrogens with zero attached hydrogens (tertiary/aromatic N) is 1. The average Bonchev–Trinajstić information content (AvgIpc) is 2.76. The van der Waals surface area contributed by atoms with E-state index in [1.54, 1.807) is 20.0 Å². The van der Waals surface area contributed by atoms with Crippen LogP contribution in [0.5, 0.6) is 0 Å². The average molecular weight is 304 g/mol. The van der Waals surface area contributed by atoms with E-state index in [0.29, 0.717) is 44.4 Å². The predicted molar refractivity (Wildman–Crippen MR) is 77.1 cm³/mol.